The summed E-state index contributed by atoms with van der Waals surface area (Å²) in [5.74, 6) is 2.43. The molecule has 5 N–H and O–H groups in total. The van der Waals surface area contributed by atoms with Gasteiger partial charge in [0.25, 0.3) is 0 Å². The van der Waals surface area contributed by atoms with Gasteiger partial charge in [0, 0.05) is 11.8 Å². The van der Waals surface area contributed by atoms with Gasteiger partial charge in [0.15, 0.2) is 17.3 Å². The molecule has 2 aromatic carbocycles. The van der Waals surface area contributed by atoms with Crippen LogP contribution in [0.3, 0.4) is 0 Å². The molecule has 0 saturated carbocycles. The van der Waals surface area contributed by atoms with E-state index >= 15 is 0 Å². The molecule has 1 aromatic heterocycles. The predicted octanol–water partition coefficient (Wildman–Crippen LogP) is 2.27. The third-order valence-electron chi connectivity index (χ3n) is 3.68. The molecule has 0 fully saturated rings. The molecule has 0 unspecified atom stereocenters. The number of H-pyrrole nitrogens is 1. The van der Waals surface area contributed by atoms with Gasteiger partial charge in [-0.25, -0.2) is 13.6 Å². The van der Waals surface area contributed by atoms with E-state index < -0.39 is 10.0 Å². The lowest BCUT2D eigenvalue weighted by molar-refractivity contribution is 0.174. The fourth-order valence-electron chi connectivity index (χ4n) is 2.52. The Bertz CT molecular complexity index is 1060. The first kappa shape index (κ1) is 16.2. The topological polar surface area (TPSA) is 131 Å². The molecular formula is C16H15N5O4S. The first-order valence-electron chi connectivity index (χ1n) is 7.60. The van der Waals surface area contributed by atoms with E-state index in [9.17, 15) is 8.42 Å². The van der Waals surface area contributed by atoms with Gasteiger partial charge in [-0.1, -0.05) is 12.1 Å². The molecule has 0 spiro atoms. The summed E-state index contributed by atoms with van der Waals surface area (Å²) in [4.78, 5) is 0.0253. The normalized spacial score (nSPS) is 12.8. The van der Waals surface area contributed by atoms with Crippen LogP contribution in [-0.4, -0.2) is 25.4 Å². The molecule has 26 heavy (non-hydrogen) atoms. The molecule has 3 aromatic rings. The van der Waals surface area contributed by atoms with E-state index in [0.717, 1.165) is 5.69 Å². The molecule has 0 bridgehead atoms. The van der Waals surface area contributed by atoms with Gasteiger partial charge in [0.05, 0.1) is 10.6 Å². The lowest BCUT2D eigenvalue weighted by Gasteiger charge is -2.06. The third-order valence-corrected chi connectivity index (χ3v) is 4.59. The maximum atomic E-state index is 11.4. The van der Waals surface area contributed by atoms with Crippen molar-refractivity contribution >= 4 is 33.0 Å². The first-order chi connectivity index (χ1) is 12.5. The Balaban J connectivity index is 1.52. The van der Waals surface area contributed by atoms with Gasteiger partial charge in [0.2, 0.25) is 16.8 Å². The van der Waals surface area contributed by atoms with E-state index in [4.69, 9.17) is 14.6 Å². The van der Waals surface area contributed by atoms with E-state index in [-0.39, 0.29) is 11.7 Å². The molecule has 0 radical (unpaired) electrons. The average molecular weight is 373 g/mol. The minimum Gasteiger partial charge on any atom is -0.454 e. The van der Waals surface area contributed by atoms with Crippen LogP contribution in [0.25, 0.3) is 0 Å². The lowest BCUT2D eigenvalue weighted by Crippen LogP contribution is -2.12. The van der Waals surface area contributed by atoms with Crippen LogP contribution < -0.4 is 25.2 Å². The van der Waals surface area contributed by atoms with Crippen molar-refractivity contribution in [3.05, 3.63) is 48.5 Å². The molecule has 134 valence electrons. The van der Waals surface area contributed by atoms with Gasteiger partial charge >= 0.3 is 0 Å². The fourth-order valence-corrected chi connectivity index (χ4v) is 3.08. The number of primary sulfonamides is 1. The zero-order valence-electron chi connectivity index (χ0n) is 13.4. The zero-order chi connectivity index (χ0) is 18.1. The Morgan fingerprint density at radius 1 is 1.08 bits per heavy atom. The van der Waals surface area contributed by atoms with Gasteiger partial charge in [-0.3, -0.25) is 5.10 Å². The molecule has 0 amide bonds. The number of anilines is 4. The molecule has 10 heteroatoms. The van der Waals surface area contributed by atoms with Crippen molar-refractivity contribution in [1.82, 2.24) is 10.2 Å². The van der Waals surface area contributed by atoms with Crippen molar-refractivity contribution in [2.45, 2.75) is 4.90 Å². The molecule has 0 atom stereocenters. The highest BCUT2D eigenvalue weighted by molar-refractivity contribution is 7.89. The van der Waals surface area contributed by atoms with Crippen molar-refractivity contribution < 1.29 is 17.9 Å². The minimum absolute atomic E-state index is 0.0253. The molecule has 1 aliphatic heterocycles. The largest absolute Gasteiger partial charge is 0.454 e. The van der Waals surface area contributed by atoms with Crippen LogP contribution >= 0.6 is 0 Å². The summed E-state index contributed by atoms with van der Waals surface area (Å²) in [6, 6.07) is 13.4. The van der Waals surface area contributed by atoms with Crippen LogP contribution in [0.5, 0.6) is 11.5 Å². The highest BCUT2D eigenvalue weighted by Gasteiger charge is 2.18. The second kappa shape index (κ2) is 6.24. The molecule has 9 nitrogen and oxygen atoms in total. The first-order valence-corrected chi connectivity index (χ1v) is 9.15. The smallest absolute Gasteiger partial charge is 0.238 e. The Hall–Kier alpha value is -3.24. The molecule has 4 rings (SSSR count). The van der Waals surface area contributed by atoms with Crippen molar-refractivity contribution in [3.63, 3.8) is 0 Å². The summed E-state index contributed by atoms with van der Waals surface area (Å²) in [5, 5.41) is 18.3. The third kappa shape index (κ3) is 3.27. The molecular weight excluding hydrogens is 358 g/mol. The number of aromatic amines is 1. The molecule has 0 saturated heterocycles. The van der Waals surface area contributed by atoms with Gasteiger partial charge in [-0.05, 0) is 30.3 Å². The van der Waals surface area contributed by atoms with Crippen LogP contribution in [0.15, 0.2) is 53.4 Å². The fraction of sp³-hybridized carbons (Fsp3) is 0.0625. The lowest BCUT2D eigenvalue weighted by atomic mass is 10.2. The number of benzene rings is 2. The second-order valence-corrected chi connectivity index (χ2v) is 7.09. The molecule has 2 heterocycles. The summed E-state index contributed by atoms with van der Waals surface area (Å²) in [5.41, 5.74) is 1.29. The van der Waals surface area contributed by atoms with Crippen molar-refractivity contribution in [2.75, 3.05) is 17.4 Å². The maximum Gasteiger partial charge on any atom is 0.238 e. The summed E-state index contributed by atoms with van der Waals surface area (Å²) in [6.07, 6.45) is 0. The number of hydrogen-bond acceptors (Lipinski definition) is 7. The van der Waals surface area contributed by atoms with Crippen LogP contribution in [0.4, 0.5) is 23.0 Å². The Morgan fingerprint density at radius 3 is 2.77 bits per heavy atom. The van der Waals surface area contributed by atoms with Crippen molar-refractivity contribution in [1.29, 1.82) is 0 Å². The van der Waals surface area contributed by atoms with E-state index in [1.807, 2.05) is 18.2 Å². The summed E-state index contributed by atoms with van der Waals surface area (Å²) < 4.78 is 33.7. The Morgan fingerprint density at radius 2 is 1.92 bits per heavy atom. The van der Waals surface area contributed by atoms with Gasteiger partial charge in [-0.2, -0.15) is 5.10 Å². The van der Waals surface area contributed by atoms with E-state index in [2.05, 4.69) is 20.8 Å². The van der Waals surface area contributed by atoms with E-state index in [1.165, 1.54) is 12.1 Å². The highest BCUT2D eigenvalue weighted by Crippen LogP contribution is 2.40. The predicted molar refractivity (Wildman–Crippen MR) is 95.5 cm³/mol. The van der Waals surface area contributed by atoms with Crippen LogP contribution in [0.2, 0.25) is 0 Å². The zero-order valence-corrected chi connectivity index (χ0v) is 14.2. The number of rotatable bonds is 5. The van der Waals surface area contributed by atoms with Crippen LogP contribution in [-0.2, 0) is 10.0 Å². The summed E-state index contributed by atoms with van der Waals surface area (Å²) in [7, 11) is -3.76. The van der Waals surface area contributed by atoms with E-state index in [1.54, 1.807) is 18.2 Å². The minimum atomic E-state index is -3.76. The Labute approximate surface area is 149 Å². The summed E-state index contributed by atoms with van der Waals surface area (Å²) >= 11 is 0. The summed E-state index contributed by atoms with van der Waals surface area (Å²) in [6.45, 7) is 0.182. The number of fused-ring (bicyclic) bond motifs is 1. The number of aromatic nitrogens is 2. The number of para-hydroxylation sites is 1. The van der Waals surface area contributed by atoms with E-state index in [0.29, 0.717) is 28.8 Å². The van der Waals surface area contributed by atoms with Gasteiger partial charge < -0.3 is 20.1 Å². The maximum absolute atomic E-state index is 11.4. The van der Waals surface area contributed by atoms with Gasteiger partial charge in [-0.15, -0.1) is 0 Å². The van der Waals surface area contributed by atoms with Crippen LogP contribution in [0, 0.1) is 0 Å². The number of ether oxygens (including phenoxy) is 2. The average Bonchev–Trinajstić information content (AvgIpc) is 3.24. The Kier molecular flexibility index (Phi) is 3.90. The van der Waals surface area contributed by atoms with Crippen LogP contribution in [0.1, 0.15) is 0 Å². The molecule has 1 aliphatic rings. The quantitative estimate of drug-likeness (QED) is 0.539. The second-order valence-electron chi connectivity index (χ2n) is 5.53. The molecule has 0 aliphatic carbocycles. The van der Waals surface area contributed by atoms with Gasteiger partial charge in [0.1, 0.15) is 5.82 Å². The number of sulfonamides is 1. The standard InChI is InChI=1S/C16H15N5O4S/c17-26(22,23)11-4-1-3-10(7-11)18-14-8-15(21-20-14)19-12-5-2-6-13-16(12)25-9-24-13/h1-8H,9H2,(H2,17,22,23)(H3,18,19,20,21). The monoisotopic (exact) mass is 373 g/mol. The number of nitrogens with zero attached hydrogens (tertiary/aromatic N) is 1. The number of nitrogens with two attached hydrogens (primary N) is 1. The SMILES string of the molecule is NS(=O)(=O)c1cccc(Nc2cc(Nc3cccc4c3OCO4)n[nH]2)c1. The van der Waals surface area contributed by atoms with Crippen molar-refractivity contribution in [2.24, 2.45) is 5.14 Å². The number of hydrogen-bond donors (Lipinski definition) is 4. The number of nitrogens with one attached hydrogen (secondary N) is 3. The highest BCUT2D eigenvalue weighted by atomic mass is 32.2. The van der Waals surface area contributed by atoms with Crippen molar-refractivity contribution in [3.8, 4) is 11.5 Å².